The van der Waals surface area contributed by atoms with Gasteiger partial charge in [-0.15, -0.1) is 0 Å². The molecule has 0 radical (unpaired) electrons. The van der Waals surface area contributed by atoms with Crippen molar-refractivity contribution in [2.75, 3.05) is 18.1 Å². The Balaban J connectivity index is 2.17. The maximum atomic E-state index is 12.5. The van der Waals surface area contributed by atoms with Gasteiger partial charge >= 0.3 is 0 Å². The standard InChI is InChI=1S/C13H13Cl2N3O/c14-9-6-10(15)12-11(7-9)16-8-18(13(12)19)17-4-2-1-3-5-17/h6-8H,1-5H2. The van der Waals surface area contributed by atoms with Crippen molar-refractivity contribution in [2.45, 2.75) is 19.3 Å². The summed E-state index contributed by atoms with van der Waals surface area (Å²) >= 11 is 12.0. The molecule has 1 aromatic carbocycles. The Morgan fingerprint density at radius 1 is 1.11 bits per heavy atom. The molecular formula is C13H13Cl2N3O. The molecule has 2 aromatic rings. The van der Waals surface area contributed by atoms with Crippen LogP contribution in [0, 0.1) is 0 Å². The summed E-state index contributed by atoms with van der Waals surface area (Å²) in [6.45, 7) is 1.75. The molecule has 1 aliphatic rings. The SMILES string of the molecule is O=c1c2c(Cl)cc(Cl)cc2ncn1N1CCCCC1. The highest BCUT2D eigenvalue weighted by Gasteiger charge is 2.15. The van der Waals surface area contributed by atoms with E-state index in [9.17, 15) is 4.79 Å². The highest BCUT2D eigenvalue weighted by atomic mass is 35.5. The molecule has 6 heteroatoms. The fourth-order valence-corrected chi connectivity index (χ4v) is 3.02. The number of fused-ring (bicyclic) bond motifs is 1. The fourth-order valence-electron chi connectivity index (χ4n) is 2.45. The smallest absolute Gasteiger partial charge is 0.281 e. The van der Waals surface area contributed by atoms with Gasteiger partial charge in [-0.2, -0.15) is 0 Å². The predicted molar refractivity (Wildman–Crippen MR) is 77.8 cm³/mol. The van der Waals surface area contributed by atoms with Crippen LogP contribution in [0.15, 0.2) is 23.3 Å². The fraction of sp³-hybridized carbons (Fsp3) is 0.385. The maximum Gasteiger partial charge on any atom is 0.281 e. The lowest BCUT2D eigenvalue weighted by Gasteiger charge is -2.29. The van der Waals surface area contributed by atoms with E-state index >= 15 is 0 Å². The minimum absolute atomic E-state index is 0.131. The average Bonchev–Trinajstić information content (AvgIpc) is 2.39. The molecular weight excluding hydrogens is 285 g/mol. The summed E-state index contributed by atoms with van der Waals surface area (Å²) in [7, 11) is 0. The van der Waals surface area contributed by atoms with Gasteiger partial charge in [0.25, 0.3) is 5.56 Å². The van der Waals surface area contributed by atoms with Crippen molar-refractivity contribution in [3.05, 3.63) is 38.9 Å². The van der Waals surface area contributed by atoms with Crippen LogP contribution in [0.25, 0.3) is 10.9 Å². The molecule has 0 unspecified atom stereocenters. The van der Waals surface area contributed by atoms with E-state index in [0.29, 0.717) is 20.9 Å². The summed E-state index contributed by atoms with van der Waals surface area (Å²) in [4.78, 5) is 16.8. The lowest BCUT2D eigenvalue weighted by molar-refractivity contribution is 0.468. The van der Waals surface area contributed by atoms with Crippen molar-refractivity contribution in [3.8, 4) is 0 Å². The zero-order valence-electron chi connectivity index (χ0n) is 10.3. The Morgan fingerprint density at radius 2 is 1.84 bits per heavy atom. The summed E-state index contributed by atoms with van der Waals surface area (Å²) in [5.41, 5.74) is 0.407. The van der Waals surface area contributed by atoms with Crippen LogP contribution >= 0.6 is 23.2 Å². The van der Waals surface area contributed by atoms with Gasteiger partial charge in [0.1, 0.15) is 6.33 Å². The van der Waals surface area contributed by atoms with Gasteiger partial charge in [-0.25, -0.2) is 9.66 Å². The van der Waals surface area contributed by atoms with Crippen LogP contribution in [0.5, 0.6) is 0 Å². The van der Waals surface area contributed by atoms with E-state index in [1.807, 2.05) is 5.01 Å². The maximum absolute atomic E-state index is 12.5. The van der Waals surface area contributed by atoms with Crippen LogP contribution in [-0.4, -0.2) is 22.7 Å². The van der Waals surface area contributed by atoms with Crippen molar-refractivity contribution in [3.63, 3.8) is 0 Å². The van der Waals surface area contributed by atoms with Crippen molar-refractivity contribution in [1.29, 1.82) is 0 Å². The van der Waals surface area contributed by atoms with Crippen molar-refractivity contribution in [1.82, 2.24) is 9.66 Å². The summed E-state index contributed by atoms with van der Waals surface area (Å²) in [5, 5.41) is 3.29. The second kappa shape index (κ2) is 5.02. The molecule has 4 nitrogen and oxygen atoms in total. The molecule has 0 saturated carbocycles. The van der Waals surface area contributed by atoms with Crippen LogP contribution in [0.2, 0.25) is 10.0 Å². The zero-order chi connectivity index (χ0) is 13.4. The molecule has 19 heavy (non-hydrogen) atoms. The van der Waals surface area contributed by atoms with E-state index < -0.39 is 0 Å². The Kier molecular flexibility index (Phi) is 3.37. The average molecular weight is 298 g/mol. The van der Waals surface area contributed by atoms with Gasteiger partial charge in [0.15, 0.2) is 0 Å². The lowest BCUT2D eigenvalue weighted by atomic mass is 10.2. The van der Waals surface area contributed by atoms with Gasteiger partial charge in [0.2, 0.25) is 0 Å². The van der Waals surface area contributed by atoms with Gasteiger partial charge in [0.05, 0.1) is 15.9 Å². The van der Waals surface area contributed by atoms with Gasteiger partial charge in [-0.05, 0) is 31.4 Å². The quantitative estimate of drug-likeness (QED) is 0.812. The first kappa shape index (κ1) is 12.8. The number of rotatable bonds is 1. The minimum Gasteiger partial charge on any atom is -0.309 e. The molecule has 2 heterocycles. The number of halogens is 2. The number of nitrogens with zero attached hydrogens (tertiary/aromatic N) is 3. The molecule has 1 aromatic heterocycles. The molecule has 0 N–H and O–H groups in total. The van der Waals surface area contributed by atoms with Crippen molar-refractivity contribution in [2.24, 2.45) is 0 Å². The van der Waals surface area contributed by atoms with Gasteiger partial charge in [0, 0.05) is 18.1 Å². The second-order valence-corrected chi connectivity index (χ2v) is 5.53. The predicted octanol–water partition coefficient (Wildman–Crippen LogP) is 2.83. The molecule has 100 valence electrons. The monoisotopic (exact) mass is 297 g/mol. The van der Waals surface area contributed by atoms with E-state index in [1.54, 1.807) is 23.1 Å². The number of hydrogen-bond donors (Lipinski definition) is 0. The normalized spacial score (nSPS) is 16.0. The Bertz CT molecular complexity index is 677. The molecule has 0 spiro atoms. The molecule has 0 amide bonds. The second-order valence-electron chi connectivity index (χ2n) is 4.69. The summed E-state index contributed by atoms with van der Waals surface area (Å²) in [6, 6.07) is 3.24. The van der Waals surface area contributed by atoms with Gasteiger partial charge < -0.3 is 5.01 Å². The van der Waals surface area contributed by atoms with E-state index in [1.165, 1.54) is 6.42 Å². The van der Waals surface area contributed by atoms with E-state index in [4.69, 9.17) is 23.2 Å². The molecule has 0 bridgehead atoms. The van der Waals surface area contributed by atoms with Crippen LogP contribution in [0.4, 0.5) is 0 Å². The van der Waals surface area contributed by atoms with Crippen molar-refractivity contribution < 1.29 is 0 Å². The highest BCUT2D eigenvalue weighted by Crippen LogP contribution is 2.24. The third-order valence-corrected chi connectivity index (χ3v) is 3.92. The van der Waals surface area contributed by atoms with Crippen LogP contribution in [0.1, 0.15) is 19.3 Å². The first-order valence-electron chi connectivity index (χ1n) is 6.28. The summed E-state index contributed by atoms with van der Waals surface area (Å²) in [5.74, 6) is 0. The third-order valence-electron chi connectivity index (χ3n) is 3.40. The highest BCUT2D eigenvalue weighted by molar-refractivity contribution is 6.38. The molecule has 3 rings (SSSR count). The number of piperidine rings is 1. The molecule has 1 aliphatic heterocycles. The Morgan fingerprint density at radius 3 is 2.58 bits per heavy atom. The first-order valence-corrected chi connectivity index (χ1v) is 7.04. The molecule has 0 aliphatic carbocycles. The number of aromatic nitrogens is 2. The third kappa shape index (κ3) is 2.30. The summed E-state index contributed by atoms with van der Waals surface area (Å²) in [6.07, 6.45) is 4.96. The van der Waals surface area contributed by atoms with Gasteiger partial charge in [-0.3, -0.25) is 4.79 Å². The lowest BCUT2D eigenvalue weighted by Crippen LogP contribution is -2.45. The zero-order valence-corrected chi connectivity index (χ0v) is 11.8. The van der Waals surface area contributed by atoms with Crippen LogP contribution < -0.4 is 10.6 Å². The first-order chi connectivity index (χ1) is 9.16. The molecule has 0 atom stereocenters. The molecule has 1 fully saturated rings. The van der Waals surface area contributed by atoms with Crippen LogP contribution in [0.3, 0.4) is 0 Å². The Labute approximate surface area is 120 Å². The summed E-state index contributed by atoms with van der Waals surface area (Å²) < 4.78 is 1.57. The largest absolute Gasteiger partial charge is 0.309 e. The van der Waals surface area contributed by atoms with E-state index in [2.05, 4.69) is 4.98 Å². The minimum atomic E-state index is -0.131. The number of benzene rings is 1. The topological polar surface area (TPSA) is 38.1 Å². The van der Waals surface area contributed by atoms with Crippen molar-refractivity contribution >= 4 is 34.1 Å². The van der Waals surface area contributed by atoms with E-state index in [0.717, 1.165) is 25.9 Å². The number of hydrogen-bond acceptors (Lipinski definition) is 3. The molecule has 1 saturated heterocycles. The van der Waals surface area contributed by atoms with Crippen LogP contribution in [-0.2, 0) is 0 Å². The van der Waals surface area contributed by atoms with E-state index in [-0.39, 0.29) is 5.56 Å². The van der Waals surface area contributed by atoms with Gasteiger partial charge in [-0.1, -0.05) is 23.2 Å². The Hall–Kier alpha value is -1.26.